The Morgan fingerprint density at radius 3 is 2.23 bits per heavy atom. The summed E-state index contributed by atoms with van der Waals surface area (Å²) in [6.07, 6.45) is 0.901. The number of rotatable bonds is 9. The number of aryl methyl sites for hydroxylation is 1. The number of nitrogens with one attached hydrogen (secondary N) is 3. The van der Waals surface area contributed by atoms with Crippen molar-refractivity contribution in [3.05, 3.63) is 59.2 Å². The average Bonchev–Trinajstić information content (AvgIpc) is 2.76. The van der Waals surface area contributed by atoms with Crippen molar-refractivity contribution in [2.75, 3.05) is 20.3 Å². The SMILES string of the molecule is COc1cc(C(=O)NNC(=O)CNC(=O)c2ccc(C)cc2)ccc1OCCC(C)C. The van der Waals surface area contributed by atoms with Crippen molar-refractivity contribution >= 4 is 17.7 Å². The van der Waals surface area contributed by atoms with E-state index in [0.717, 1.165) is 12.0 Å². The topological polar surface area (TPSA) is 106 Å². The first kappa shape index (κ1) is 23.7. The molecular formula is C23H29N3O5. The normalized spacial score (nSPS) is 10.4. The molecule has 31 heavy (non-hydrogen) atoms. The molecule has 0 fully saturated rings. The monoisotopic (exact) mass is 427 g/mol. The minimum atomic E-state index is -0.561. The van der Waals surface area contributed by atoms with Crippen molar-refractivity contribution in [2.24, 2.45) is 5.92 Å². The molecule has 0 aromatic heterocycles. The molecule has 0 aliphatic carbocycles. The second kappa shape index (κ2) is 11.6. The van der Waals surface area contributed by atoms with Crippen molar-refractivity contribution in [2.45, 2.75) is 27.2 Å². The van der Waals surface area contributed by atoms with Gasteiger partial charge in [0.05, 0.1) is 20.3 Å². The van der Waals surface area contributed by atoms with Gasteiger partial charge in [-0.05, 0) is 49.6 Å². The highest BCUT2D eigenvalue weighted by Gasteiger charge is 2.13. The molecular weight excluding hydrogens is 398 g/mol. The summed E-state index contributed by atoms with van der Waals surface area (Å²) in [7, 11) is 1.49. The fourth-order valence-corrected chi connectivity index (χ4v) is 2.54. The fraction of sp³-hybridized carbons (Fsp3) is 0.348. The molecule has 0 unspecified atom stereocenters. The lowest BCUT2D eigenvalue weighted by atomic mass is 10.1. The van der Waals surface area contributed by atoms with Gasteiger partial charge in [0.25, 0.3) is 17.7 Å². The van der Waals surface area contributed by atoms with Crippen molar-refractivity contribution in [1.82, 2.24) is 16.2 Å². The number of amides is 3. The van der Waals surface area contributed by atoms with Gasteiger partial charge in [0.1, 0.15) is 0 Å². The minimum Gasteiger partial charge on any atom is -0.493 e. The highest BCUT2D eigenvalue weighted by Crippen LogP contribution is 2.28. The Hall–Kier alpha value is -3.55. The zero-order valence-electron chi connectivity index (χ0n) is 18.3. The van der Waals surface area contributed by atoms with Gasteiger partial charge in [0.15, 0.2) is 11.5 Å². The van der Waals surface area contributed by atoms with Crippen LogP contribution in [0.5, 0.6) is 11.5 Å². The van der Waals surface area contributed by atoms with E-state index in [2.05, 4.69) is 30.0 Å². The highest BCUT2D eigenvalue weighted by molar-refractivity contribution is 5.98. The van der Waals surface area contributed by atoms with E-state index in [4.69, 9.17) is 9.47 Å². The molecule has 0 aliphatic rings. The van der Waals surface area contributed by atoms with Crippen LogP contribution in [0, 0.1) is 12.8 Å². The number of hydrazine groups is 1. The summed E-state index contributed by atoms with van der Waals surface area (Å²) >= 11 is 0. The Bertz CT molecular complexity index is 910. The average molecular weight is 428 g/mol. The first-order valence-corrected chi connectivity index (χ1v) is 10.0. The van der Waals surface area contributed by atoms with Gasteiger partial charge in [0.2, 0.25) is 0 Å². The summed E-state index contributed by atoms with van der Waals surface area (Å²) in [6.45, 7) is 6.40. The number of carbonyl (C=O) groups excluding carboxylic acids is 3. The maximum Gasteiger partial charge on any atom is 0.269 e. The Morgan fingerprint density at radius 2 is 1.58 bits per heavy atom. The quantitative estimate of drug-likeness (QED) is 0.534. The largest absolute Gasteiger partial charge is 0.493 e. The first-order valence-electron chi connectivity index (χ1n) is 10.0. The van der Waals surface area contributed by atoms with Gasteiger partial charge in [0, 0.05) is 11.1 Å². The summed E-state index contributed by atoms with van der Waals surface area (Å²) in [5.41, 5.74) is 6.35. The lowest BCUT2D eigenvalue weighted by molar-refractivity contribution is -0.120. The van der Waals surface area contributed by atoms with E-state index in [9.17, 15) is 14.4 Å². The van der Waals surface area contributed by atoms with Crippen LogP contribution in [0.4, 0.5) is 0 Å². The molecule has 2 rings (SSSR count). The molecule has 3 amide bonds. The first-order chi connectivity index (χ1) is 14.8. The maximum atomic E-state index is 12.3. The van der Waals surface area contributed by atoms with Crippen LogP contribution in [0.1, 0.15) is 46.5 Å². The second-order valence-electron chi connectivity index (χ2n) is 7.45. The molecule has 0 spiro atoms. The standard InChI is InChI=1S/C23H29N3O5/c1-15(2)11-12-31-19-10-9-18(13-20(19)30-4)23(29)26-25-21(27)14-24-22(28)17-7-5-16(3)6-8-17/h5-10,13,15H,11-12,14H2,1-4H3,(H,24,28)(H,25,27)(H,26,29). The van der Waals surface area contributed by atoms with Gasteiger partial charge < -0.3 is 14.8 Å². The number of carbonyl (C=O) groups is 3. The molecule has 2 aromatic carbocycles. The van der Waals surface area contributed by atoms with E-state index in [1.165, 1.54) is 13.2 Å². The van der Waals surface area contributed by atoms with Crippen LogP contribution in [-0.4, -0.2) is 38.0 Å². The van der Waals surface area contributed by atoms with Crippen LogP contribution in [0.25, 0.3) is 0 Å². The van der Waals surface area contributed by atoms with Gasteiger partial charge >= 0.3 is 0 Å². The predicted octanol–water partition coefficient (Wildman–Crippen LogP) is 2.62. The molecule has 0 heterocycles. The summed E-state index contributed by atoms with van der Waals surface area (Å²) in [6, 6.07) is 11.7. The van der Waals surface area contributed by atoms with Crippen LogP contribution in [0.2, 0.25) is 0 Å². The molecule has 0 saturated heterocycles. The molecule has 0 saturated carbocycles. The lowest BCUT2D eigenvalue weighted by Gasteiger charge is -2.13. The molecule has 0 aliphatic heterocycles. The number of ether oxygens (including phenoxy) is 2. The van der Waals surface area contributed by atoms with Crippen LogP contribution < -0.4 is 25.6 Å². The molecule has 0 bridgehead atoms. The molecule has 8 heteroatoms. The lowest BCUT2D eigenvalue weighted by Crippen LogP contribution is -2.46. The minimum absolute atomic E-state index is 0.279. The summed E-state index contributed by atoms with van der Waals surface area (Å²) in [4.78, 5) is 36.3. The van der Waals surface area contributed by atoms with Gasteiger partial charge in [-0.15, -0.1) is 0 Å². The van der Waals surface area contributed by atoms with Crippen LogP contribution in [0.3, 0.4) is 0 Å². The number of hydrogen-bond donors (Lipinski definition) is 3. The molecule has 0 atom stereocenters. The predicted molar refractivity (Wildman–Crippen MR) is 117 cm³/mol. The molecule has 166 valence electrons. The summed E-state index contributed by atoms with van der Waals surface area (Å²) < 4.78 is 11.0. The molecule has 3 N–H and O–H groups in total. The zero-order valence-corrected chi connectivity index (χ0v) is 18.3. The van der Waals surface area contributed by atoms with E-state index < -0.39 is 11.8 Å². The third kappa shape index (κ3) is 7.65. The van der Waals surface area contributed by atoms with Gasteiger partial charge in [-0.1, -0.05) is 31.5 Å². The summed E-state index contributed by atoms with van der Waals surface area (Å²) in [5, 5.41) is 2.50. The van der Waals surface area contributed by atoms with E-state index in [-0.39, 0.29) is 18.0 Å². The second-order valence-corrected chi connectivity index (χ2v) is 7.45. The Kier molecular flexibility index (Phi) is 8.87. The van der Waals surface area contributed by atoms with Crippen molar-refractivity contribution in [3.63, 3.8) is 0 Å². The molecule has 0 radical (unpaired) electrons. The zero-order chi connectivity index (χ0) is 22.8. The fourth-order valence-electron chi connectivity index (χ4n) is 2.54. The van der Waals surface area contributed by atoms with E-state index in [1.807, 2.05) is 19.1 Å². The number of methoxy groups -OCH3 is 1. The van der Waals surface area contributed by atoms with E-state index in [0.29, 0.717) is 29.6 Å². The Labute approximate surface area is 182 Å². The summed E-state index contributed by atoms with van der Waals surface area (Å²) in [5.74, 6) is 0.0240. The molecule has 8 nitrogen and oxygen atoms in total. The number of benzene rings is 2. The van der Waals surface area contributed by atoms with Crippen molar-refractivity contribution in [3.8, 4) is 11.5 Å². The van der Waals surface area contributed by atoms with Gasteiger partial charge in [-0.25, -0.2) is 0 Å². The Balaban J connectivity index is 1.83. The number of hydrogen-bond acceptors (Lipinski definition) is 5. The van der Waals surface area contributed by atoms with Crippen LogP contribution in [-0.2, 0) is 4.79 Å². The van der Waals surface area contributed by atoms with Gasteiger partial charge in [-0.2, -0.15) is 0 Å². The van der Waals surface area contributed by atoms with Crippen LogP contribution >= 0.6 is 0 Å². The Morgan fingerprint density at radius 1 is 0.903 bits per heavy atom. The highest BCUT2D eigenvalue weighted by atomic mass is 16.5. The van der Waals surface area contributed by atoms with Gasteiger partial charge in [-0.3, -0.25) is 25.2 Å². The third-order valence-electron chi connectivity index (χ3n) is 4.42. The smallest absolute Gasteiger partial charge is 0.269 e. The van der Waals surface area contributed by atoms with Crippen molar-refractivity contribution < 1.29 is 23.9 Å². The molecule has 2 aromatic rings. The van der Waals surface area contributed by atoms with E-state index in [1.54, 1.807) is 24.3 Å². The van der Waals surface area contributed by atoms with Crippen molar-refractivity contribution in [1.29, 1.82) is 0 Å². The van der Waals surface area contributed by atoms with E-state index >= 15 is 0 Å². The van der Waals surface area contributed by atoms with Crippen LogP contribution in [0.15, 0.2) is 42.5 Å². The third-order valence-corrected chi connectivity index (χ3v) is 4.42. The maximum absolute atomic E-state index is 12.3.